The minimum atomic E-state index is -0.781. The molecule has 86 valence electrons. The Hall–Kier alpha value is -1.49. The third-order valence-corrected chi connectivity index (χ3v) is 3.00. The maximum atomic E-state index is 10.8. The predicted octanol–water partition coefficient (Wildman–Crippen LogP) is 1.49. The van der Waals surface area contributed by atoms with E-state index < -0.39 is 11.9 Å². The molecule has 0 unspecified atom stereocenters. The molecule has 0 saturated carbocycles. The number of benzene rings is 1. The van der Waals surface area contributed by atoms with E-state index in [-0.39, 0.29) is 6.42 Å². The van der Waals surface area contributed by atoms with Crippen molar-refractivity contribution in [2.45, 2.75) is 12.2 Å². The fourth-order valence-corrected chi connectivity index (χ4v) is 2.01. The predicted molar refractivity (Wildman–Crippen MR) is 63.4 cm³/mol. The second-order valence-corrected chi connectivity index (χ2v) is 4.36. The smallest absolute Gasteiger partial charge is 0.304 e. The van der Waals surface area contributed by atoms with Gasteiger partial charge < -0.3 is 10.8 Å². The summed E-state index contributed by atoms with van der Waals surface area (Å²) in [5, 5.41) is 8.44. The highest BCUT2D eigenvalue weighted by molar-refractivity contribution is 7.98. The molecule has 0 bridgehead atoms. The number of hydrogen-bond donors (Lipinski definition) is 2. The van der Waals surface area contributed by atoms with Gasteiger partial charge in [-0.15, -0.1) is 0 Å². The Morgan fingerprint density at radius 1 is 1.25 bits per heavy atom. The molecule has 0 heterocycles. The molecule has 0 aromatic heterocycles. The van der Waals surface area contributed by atoms with Crippen LogP contribution in [0.25, 0.3) is 0 Å². The van der Waals surface area contributed by atoms with E-state index >= 15 is 0 Å². The monoisotopic (exact) mass is 239 g/mol. The van der Waals surface area contributed by atoms with Gasteiger partial charge in [-0.05, 0) is 17.7 Å². The summed E-state index contributed by atoms with van der Waals surface area (Å²) in [4.78, 5) is 21.1. The summed E-state index contributed by atoms with van der Waals surface area (Å²) in [5.74, 6) is 0.112. The van der Waals surface area contributed by atoms with Gasteiger partial charge in [-0.25, -0.2) is 0 Å². The van der Waals surface area contributed by atoms with E-state index in [4.69, 9.17) is 10.8 Å². The van der Waals surface area contributed by atoms with E-state index in [1.165, 1.54) is 0 Å². The summed E-state index contributed by atoms with van der Waals surface area (Å²) in [5.41, 5.74) is 6.65. The molecule has 0 aliphatic carbocycles. The summed E-state index contributed by atoms with van der Waals surface area (Å²) in [7, 11) is 0. The zero-order valence-corrected chi connectivity index (χ0v) is 9.50. The van der Waals surface area contributed by atoms with Gasteiger partial charge in [0.2, 0.25) is 5.91 Å². The Balaban J connectivity index is 2.38. The third-order valence-electron chi connectivity index (χ3n) is 1.97. The van der Waals surface area contributed by atoms with Gasteiger partial charge in [0.05, 0.1) is 6.42 Å². The van der Waals surface area contributed by atoms with Gasteiger partial charge in [0.25, 0.3) is 0 Å². The van der Waals surface area contributed by atoms with E-state index in [0.29, 0.717) is 11.3 Å². The summed E-state index contributed by atoms with van der Waals surface area (Å²) in [6, 6.07) is 7.01. The zero-order valence-electron chi connectivity index (χ0n) is 8.68. The zero-order chi connectivity index (χ0) is 12.0. The minimum absolute atomic E-state index is 0.171. The van der Waals surface area contributed by atoms with Gasteiger partial charge >= 0.3 is 5.97 Å². The van der Waals surface area contributed by atoms with Crippen LogP contribution in [0.3, 0.4) is 0 Å². The van der Waals surface area contributed by atoms with Gasteiger partial charge in [-0.1, -0.05) is 12.1 Å². The molecule has 0 saturated heterocycles. The third kappa shape index (κ3) is 4.35. The molecule has 1 aromatic carbocycles. The molecule has 1 rings (SSSR count). The van der Waals surface area contributed by atoms with Gasteiger partial charge in [-0.2, -0.15) is 11.8 Å². The average Bonchev–Trinajstić information content (AvgIpc) is 2.25. The van der Waals surface area contributed by atoms with Crippen LogP contribution >= 0.6 is 11.8 Å². The van der Waals surface area contributed by atoms with Crippen LogP contribution in [0.4, 0.5) is 0 Å². The lowest BCUT2D eigenvalue weighted by Gasteiger charge is -2.01. The van der Waals surface area contributed by atoms with Crippen molar-refractivity contribution < 1.29 is 14.7 Å². The molecule has 1 amide bonds. The van der Waals surface area contributed by atoms with E-state index in [2.05, 4.69) is 0 Å². The number of amides is 1. The molecule has 16 heavy (non-hydrogen) atoms. The van der Waals surface area contributed by atoms with Crippen LogP contribution in [0, 0.1) is 0 Å². The van der Waals surface area contributed by atoms with Crippen LogP contribution in [0.2, 0.25) is 0 Å². The fourth-order valence-electron chi connectivity index (χ4n) is 1.11. The highest BCUT2D eigenvalue weighted by Gasteiger charge is 2.01. The molecule has 5 heteroatoms. The first kappa shape index (κ1) is 12.6. The maximum Gasteiger partial charge on any atom is 0.304 e. The normalized spacial score (nSPS) is 10.0. The standard InChI is InChI=1S/C11H13NO3S/c12-11(15)9-3-1-8(2-4-9)7-16-6-5-10(13)14/h1-4H,5-7H2,(H2,12,15)(H,13,14). The van der Waals surface area contributed by atoms with Crippen LogP contribution in [0.5, 0.6) is 0 Å². The van der Waals surface area contributed by atoms with Crippen molar-refractivity contribution in [2.75, 3.05) is 5.75 Å². The number of nitrogens with two attached hydrogens (primary N) is 1. The highest BCUT2D eigenvalue weighted by atomic mass is 32.2. The summed E-state index contributed by atoms with van der Waals surface area (Å²) < 4.78 is 0. The Kier molecular flexibility index (Phi) is 4.85. The lowest BCUT2D eigenvalue weighted by molar-refractivity contribution is -0.136. The van der Waals surface area contributed by atoms with Gasteiger partial charge in [-0.3, -0.25) is 9.59 Å². The molecule has 0 atom stereocenters. The Morgan fingerprint density at radius 2 is 1.88 bits per heavy atom. The van der Waals surface area contributed by atoms with Crippen molar-refractivity contribution in [3.05, 3.63) is 35.4 Å². The molecular formula is C11H13NO3S. The summed E-state index contributed by atoms with van der Waals surface area (Å²) in [6.45, 7) is 0. The number of carboxylic acid groups (broad SMARTS) is 1. The molecular weight excluding hydrogens is 226 g/mol. The number of carboxylic acids is 1. The van der Waals surface area contributed by atoms with Crippen molar-refractivity contribution in [2.24, 2.45) is 5.73 Å². The number of rotatable bonds is 6. The minimum Gasteiger partial charge on any atom is -0.481 e. The van der Waals surface area contributed by atoms with E-state index in [1.54, 1.807) is 23.9 Å². The lowest BCUT2D eigenvalue weighted by atomic mass is 10.1. The molecule has 0 radical (unpaired) electrons. The molecule has 3 N–H and O–H groups in total. The summed E-state index contributed by atoms with van der Waals surface area (Å²) in [6.07, 6.45) is 0.171. The molecule has 0 aliphatic heterocycles. The molecule has 0 fully saturated rings. The van der Waals surface area contributed by atoms with Crippen LogP contribution in [-0.2, 0) is 10.5 Å². The number of thioether (sulfide) groups is 1. The first-order chi connectivity index (χ1) is 7.59. The van der Waals surface area contributed by atoms with Gasteiger partial charge in [0.15, 0.2) is 0 Å². The van der Waals surface area contributed by atoms with Crippen LogP contribution in [0.1, 0.15) is 22.3 Å². The quantitative estimate of drug-likeness (QED) is 0.737. The Bertz CT molecular complexity index is 375. The highest BCUT2D eigenvalue weighted by Crippen LogP contribution is 2.13. The SMILES string of the molecule is NC(=O)c1ccc(CSCCC(=O)O)cc1. The maximum absolute atomic E-state index is 10.8. The second kappa shape index (κ2) is 6.17. The van der Waals surface area contributed by atoms with Crippen LogP contribution < -0.4 is 5.73 Å². The van der Waals surface area contributed by atoms with Crippen molar-refractivity contribution in [3.63, 3.8) is 0 Å². The molecule has 0 aliphatic rings. The van der Waals surface area contributed by atoms with Crippen molar-refractivity contribution >= 4 is 23.6 Å². The largest absolute Gasteiger partial charge is 0.481 e. The number of hydrogen-bond acceptors (Lipinski definition) is 3. The number of aliphatic carboxylic acids is 1. The fraction of sp³-hybridized carbons (Fsp3) is 0.273. The van der Waals surface area contributed by atoms with Crippen molar-refractivity contribution in [1.29, 1.82) is 0 Å². The van der Waals surface area contributed by atoms with Crippen LogP contribution in [0.15, 0.2) is 24.3 Å². The Labute approximate surface area is 97.8 Å². The Morgan fingerprint density at radius 3 is 2.38 bits per heavy atom. The number of carbonyl (C=O) groups excluding carboxylic acids is 1. The topological polar surface area (TPSA) is 80.4 Å². The van der Waals surface area contributed by atoms with Gasteiger partial charge in [0, 0.05) is 17.1 Å². The second-order valence-electron chi connectivity index (χ2n) is 3.26. The van der Waals surface area contributed by atoms with Crippen molar-refractivity contribution in [3.8, 4) is 0 Å². The summed E-state index contributed by atoms with van der Waals surface area (Å²) >= 11 is 1.55. The van der Waals surface area contributed by atoms with Crippen molar-refractivity contribution in [1.82, 2.24) is 0 Å². The lowest BCUT2D eigenvalue weighted by Crippen LogP contribution is -2.10. The molecule has 0 spiro atoms. The molecule has 1 aromatic rings. The van der Waals surface area contributed by atoms with E-state index in [9.17, 15) is 9.59 Å². The van der Waals surface area contributed by atoms with E-state index in [0.717, 1.165) is 11.3 Å². The number of primary amides is 1. The molecule has 4 nitrogen and oxygen atoms in total. The van der Waals surface area contributed by atoms with Gasteiger partial charge in [0.1, 0.15) is 0 Å². The first-order valence-electron chi connectivity index (χ1n) is 4.78. The van der Waals surface area contributed by atoms with Crippen LogP contribution in [-0.4, -0.2) is 22.7 Å². The average molecular weight is 239 g/mol. The number of carbonyl (C=O) groups is 2. The first-order valence-corrected chi connectivity index (χ1v) is 5.93. The van der Waals surface area contributed by atoms with E-state index in [1.807, 2.05) is 12.1 Å².